The molecule has 0 saturated carbocycles. The van der Waals surface area contributed by atoms with E-state index in [1.165, 1.54) is 39.0 Å². The first-order chi connectivity index (χ1) is 17.4. The number of carboxylic acid groups (broad SMARTS) is 1. The van der Waals surface area contributed by atoms with Crippen molar-refractivity contribution in [2.24, 2.45) is 5.92 Å². The number of ether oxygens (including phenoxy) is 2. The molecule has 0 amide bonds. The first-order valence-corrected chi connectivity index (χ1v) is 13.0. The molecule has 0 heterocycles. The number of benzene rings is 2. The number of aliphatic hydroxyl groups excluding tert-OH is 1. The summed E-state index contributed by atoms with van der Waals surface area (Å²) in [6.07, 6.45) is 9.53. The molecule has 0 aromatic heterocycles. The average Bonchev–Trinajstić information content (AvgIpc) is 2.88. The molecule has 1 unspecified atom stereocenters. The number of unbranched alkanes of at least 4 members (excludes halogenated alkanes) is 9. The summed E-state index contributed by atoms with van der Waals surface area (Å²) in [6.45, 7) is 2.48. The van der Waals surface area contributed by atoms with Crippen LogP contribution in [-0.4, -0.2) is 46.8 Å². The molecule has 0 saturated heterocycles. The highest BCUT2D eigenvalue weighted by Crippen LogP contribution is 2.23. The Kier molecular flexibility index (Phi) is 13.6. The molecule has 1 atom stereocenters. The molecule has 0 spiro atoms. The van der Waals surface area contributed by atoms with Crippen molar-refractivity contribution in [1.82, 2.24) is 0 Å². The van der Waals surface area contributed by atoms with Gasteiger partial charge in [-0.25, -0.2) is 4.79 Å². The van der Waals surface area contributed by atoms with Crippen LogP contribution in [0.4, 0.5) is 0 Å². The summed E-state index contributed by atoms with van der Waals surface area (Å²) >= 11 is 0. The van der Waals surface area contributed by atoms with E-state index in [9.17, 15) is 9.59 Å². The molecule has 7 heteroatoms. The van der Waals surface area contributed by atoms with Crippen LogP contribution in [0.25, 0.3) is 11.1 Å². The molecule has 0 aliphatic carbocycles. The summed E-state index contributed by atoms with van der Waals surface area (Å²) in [7, 11) is 0. The smallest absolute Gasteiger partial charge is 0.335 e. The Morgan fingerprint density at radius 1 is 0.694 bits per heavy atom. The second-order valence-corrected chi connectivity index (χ2v) is 9.16. The lowest BCUT2D eigenvalue weighted by molar-refractivity contribution is -0.163. The van der Waals surface area contributed by atoms with E-state index < -0.39 is 24.1 Å². The topological polar surface area (TPSA) is 113 Å². The Morgan fingerprint density at radius 2 is 1.14 bits per heavy atom. The average molecular weight is 501 g/mol. The van der Waals surface area contributed by atoms with Crippen LogP contribution < -0.4 is 4.74 Å². The van der Waals surface area contributed by atoms with Gasteiger partial charge >= 0.3 is 11.9 Å². The van der Waals surface area contributed by atoms with Gasteiger partial charge in [-0.2, -0.15) is 0 Å². The number of carbonyl (C=O) groups excluding carboxylic acids is 1. The quantitative estimate of drug-likeness (QED) is 0.134. The first-order valence-electron chi connectivity index (χ1n) is 13.0. The number of carboxylic acids is 1. The first kappa shape index (κ1) is 29.3. The third-order valence-corrected chi connectivity index (χ3v) is 6.19. The van der Waals surface area contributed by atoms with Gasteiger partial charge in [0.15, 0.2) is 6.29 Å². The van der Waals surface area contributed by atoms with Crippen molar-refractivity contribution >= 4 is 11.9 Å². The van der Waals surface area contributed by atoms with Crippen LogP contribution in [0.15, 0.2) is 48.5 Å². The van der Waals surface area contributed by atoms with Crippen molar-refractivity contribution < 1.29 is 34.4 Å². The molecule has 0 radical (unpaired) electrons. The third kappa shape index (κ3) is 11.2. The Morgan fingerprint density at radius 3 is 1.61 bits per heavy atom. The predicted octanol–water partition coefficient (Wildman–Crippen LogP) is 5.82. The zero-order valence-electron chi connectivity index (χ0n) is 21.2. The van der Waals surface area contributed by atoms with Crippen LogP contribution in [0.2, 0.25) is 0 Å². The molecule has 0 bridgehead atoms. The summed E-state index contributed by atoms with van der Waals surface area (Å²) in [4.78, 5) is 22.4. The van der Waals surface area contributed by atoms with Crippen molar-refractivity contribution in [3.05, 3.63) is 54.1 Å². The largest absolute Gasteiger partial charge is 0.494 e. The predicted molar refractivity (Wildman–Crippen MR) is 139 cm³/mol. The molecule has 3 N–H and O–H groups in total. The van der Waals surface area contributed by atoms with Gasteiger partial charge in [0.05, 0.1) is 18.8 Å². The van der Waals surface area contributed by atoms with E-state index in [-0.39, 0.29) is 5.56 Å². The van der Waals surface area contributed by atoms with Crippen molar-refractivity contribution in [2.75, 3.05) is 13.2 Å². The fourth-order valence-electron chi connectivity index (χ4n) is 3.78. The molecule has 2 rings (SSSR count). The van der Waals surface area contributed by atoms with Crippen LogP contribution in [-0.2, 0) is 9.53 Å². The number of hydrogen-bond donors (Lipinski definition) is 3. The van der Waals surface area contributed by atoms with Crippen LogP contribution in [0.5, 0.6) is 5.75 Å². The highest BCUT2D eigenvalue weighted by molar-refractivity contribution is 5.88. The van der Waals surface area contributed by atoms with Gasteiger partial charge in [-0.15, -0.1) is 0 Å². The molecule has 198 valence electrons. The lowest BCUT2D eigenvalue weighted by Gasteiger charge is -2.12. The SMILES string of the molecule is CC(C(=O)OCCCCCCCCCCCCOc1ccc(-c2ccc(C(=O)O)cc2)cc1)C(O)O. The van der Waals surface area contributed by atoms with Crippen LogP contribution in [0.3, 0.4) is 0 Å². The van der Waals surface area contributed by atoms with Gasteiger partial charge in [0, 0.05) is 0 Å². The fraction of sp³-hybridized carbons (Fsp3) is 0.517. The Balaban J connectivity index is 1.43. The minimum atomic E-state index is -1.66. The molecule has 7 nitrogen and oxygen atoms in total. The minimum Gasteiger partial charge on any atom is -0.494 e. The maximum absolute atomic E-state index is 11.5. The maximum Gasteiger partial charge on any atom is 0.335 e. The second-order valence-electron chi connectivity index (χ2n) is 9.16. The highest BCUT2D eigenvalue weighted by Gasteiger charge is 2.20. The normalized spacial score (nSPS) is 11.9. The van der Waals surface area contributed by atoms with E-state index in [2.05, 4.69) is 0 Å². The lowest BCUT2D eigenvalue weighted by atomic mass is 10.0. The number of aliphatic hydroxyl groups is 2. The molecular weight excluding hydrogens is 460 g/mol. The van der Waals surface area contributed by atoms with Crippen molar-refractivity contribution in [1.29, 1.82) is 0 Å². The van der Waals surface area contributed by atoms with E-state index >= 15 is 0 Å². The zero-order valence-corrected chi connectivity index (χ0v) is 21.2. The van der Waals surface area contributed by atoms with Gasteiger partial charge in [0.1, 0.15) is 11.7 Å². The van der Waals surface area contributed by atoms with Crippen LogP contribution in [0.1, 0.15) is 81.5 Å². The third-order valence-electron chi connectivity index (χ3n) is 6.19. The molecule has 0 fully saturated rings. The highest BCUT2D eigenvalue weighted by atomic mass is 16.5. The van der Waals surface area contributed by atoms with Gasteiger partial charge in [-0.05, 0) is 55.2 Å². The second kappa shape index (κ2) is 16.7. The van der Waals surface area contributed by atoms with E-state index in [1.807, 2.05) is 36.4 Å². The lowest BCUT2D eigenvalue weighted by Crippen LogP contribution is -2.27. The zero-order chi connectivity index (χ0) is 26.2. The van der Waals surface area contributed by atoms with Gasteiger partial charge in [0.2, 0.25) is 0 Å². The Labute approximate surface area is 214 Å². The molecule has 0 aliphatic heterocycles. The Bertz CT molecular complexity index is 891. The summed E-state index contributed by atoms with van der Waals surface area (Å²) in [5, 5.41) is 26.9. The van der Waals surface area contributed by atoms with E-state index in [4.69, 9.17) is 24.8 Å². The van der Waals surface area contributed by atoms with Crippen LogP contribution >= 0.6 is 0 Å². The molecule has 0 aliphatic rings. The standard InChI is InChI=1S/C29H40O7/c1-22(27(30)31)29(34)36-21-11-9-7-5-3-2-4-6-8-10-20-35-26-18-16-24(17-19-26)23-12-14-25(15-13-23)28(32)33/h12-19,22,27,30-31H,2-11,20-21H2,1H3,(H,32,33). The van der Waals surface area contributed by atoms with Gasteiger partial charge in [-0.3, -0.25) is 4.79 Å². The van der Waals surface area contributed by atoms with Crippen LogP contribution in [0, 0.1) is 5.92 Å². The number of esters is 1. The van der Waals surface area contributed by atoms with E-state index in [0.717, 1.165) is 49.0 Å². The van der Waals surface area contributed by atoms with Gasteiger partial charge < -0.3 is 24.8 Å². The van der Waals surface area contributed by atoms with E-state index in [0.29, 0.717) is 13.2 Å². The monoisotopic (exact) mass is 500 g/mol. The molecule has 2 aromatic rings. The number of aromatic carboxylic acids is 1. The maximum atomic E-state index is 11.5. The summed E-state index contributed by atoms with van der Waals surface area (Å²) in [5.74, 6) is -1.54. The molecule has 36 heavy (non-hydrogen) atoms. The van der Waals surface area contributed by atoms with Crippen molar-refractivity contribution in [3.8, 4) is 16.9 Å². The van der Waals surface area contributed by atoms with E-state index in [1.54, 1.807) is 12.1 Å². The minimum absolute atomic E-state index is 0.282. The number of rotatable bonds is 18. The van der Waals surface area contributed by atoms with Gasteiger partial charge in [-0.1, -0.05) is 75.6 Å². The van der Waals surface area contributed by atoms with Gasteiger partial charge in [0.25, 0.3) is 0 Å². The van der Waals surface area contributed by atoms with Crippen molar-refractivity contribution in [3.63, 3.8) is 0 Å². The number of carbonyl (C=O) groups is 2. The molecule has 2 aromatic carbocycles. The fourth-order valence-corrected chi connectivity index (χ4v) is 3.78. The summed E-state index contributed by atoms with van der Waals surface area (Å²) in [5.41, 5.74) is 2.28. The summed E-state index contributed by atoms with van der Waals surface area (Å²) in [6, 6.07) is 14.7. The van der Waals surface area contributed by atoms with Crippen molar-refractivity contribution in [2.45, 2.75) is 77.4 Å². The summed E-state index contributed by atoms with van der Waals surface area (Å²) < 4.78 is 10.9. The number of hydrogen-bond acceptors (Lipinski definition) is 6. The molecular formula is C29H40O7. The Hall–Kier alpha value is -2.90.